The van der Waals surface area contributed by atoms with Gasteiger partial charge in [0.15, 0.2) is 0 Å². The maximum atomic E-state index is 12.1. The molecule has 2 aromatic rings. The number of thioether (sulfide) groups is 1. The van der Waals surface area contributed by atoms with E-state index in [0.717, 1.165) is 5.75 Å². The lowest BCUT2D eigenvalue weighted by molar-refractivity contribution is -0.118. The van der Waals surface area contributed by atoms with Gasteiger partial charge in [0.1, 0.15) is 5.75 Å². The van der Waals surface area contributed by atoms with Crippen molar-refractivity contribution in [1.29, 1.82) is 0 Å². The number of aryl methyl sites for hydroxylation is 1. The van der Waals surface area contributed by atoms with E-state index in [1.54, 1.807) is 30.0 Å². The molecule has 0 bridgehead atoms. The van der Waals surface area contributed by atoms with Gasteiger partial charge in [-0.05, 0) is 24.6 Å². The number of carbonyl (C=O) groups is 2. The molecule has 2 rings (SSSR count). The van der Waals surface area contributed by atoms with Crippen LogP contribution in [0.15, 0.2) is 48.5 Å². The van der Waals surface area contributed by atoms with Crippen LogP contribution >= 0.6 is 11.8 Å². The summed E-state index contributed by atoms with van der Waals surface area (Å²) >= 11 is 1.55. The van der Waals surface area contributed by atoms with E-state index in [2.05, 4.69) is 29.6 Å². The van der Waals surface area contributed by atoms with E-state index < -0.39 is 5.91 Å². The molecule has 0 atom stereocenters. The number of primary amides is 1. The number of hydrogen-bond acceptors (Lipinski definition) is 4. The summed E-state index contributed by atoms with van der Waals surface area (Å²) < 4.78 is 5.51. The van der Waals surface area contributed by atoms with Gasteiger partial charge in [-0.15, -0.1) is 11.8 Å². The fraction of sp³-hybridized carbons (Fsp3) is 0.263. The molecule has 5 nitrogen and oxygen atoms in total. The Kier molecular flexibility index (Phi) is 7.35. The van der Waals surface area contributed by atoms with E-state index in [-0.39, 0.29) is 18.9 Å². The molecule has 132 valence electrons. The van der Waals surface area contributed by atoms with Crippen LogP contribution in [-0.2, 0) is 15.3 Å². The van der Waals surface area contributed by atoms with Gasteiger partial charge in [0.25, 0.3) is 0 Å². The molecule has 25 heavy (non-hydrogen) atoms. The molecule has 3 N–H and O–H groups in total. The summed E-state index contributed by atoms with van der Waals surface area (Å²) in [6.45, 7) is 2.23. The minimum atomic E-state index is -0.422. The second-order valence-electron chi connectivity index (χ2n) is 5.59. The standard InChI is InChI=1S/C19H22N2O3S/c1-14-6-8-15(9-7-14)12-25-13-19(23)21-16-4-2-3-5-17(16)24-11-10-18(20)22/h2-9H,10-13H2,1H3,(H2,20,22)(H,21,23). The number of benzene rings is 2. The van der Waals surface area contributed by atoms with Crippen LogP contribution in [0.5, 0.6) is 5.75 Å². The zero-order valence-electron chi connectivity index (χ0n) is 14.2. The van der Waals surface area contributed by atoms with Gasteiger partial charge in [-0.25, -0.2) is 0 Å². The normalized spacial score (nSPS) is 10.3. The zero-order valence-corrected chi connectivity index (χ0v) is 15.0. The SMILES string of the molecule is Cc1ccc(CSCC(=O)Nc2ccccc2OCCC(N)=O)cc1. The predicted octanol–water partition coefficient (Wildman–Crippen LogP) is 3.12. The van der Waals surface area contributed by atoms with Crippen molar-refractivity contribution in [1.82, 2.24) is 0 Å². The Hall–Kier alpha value is -2.47. The lowest BCUT2D eigenvalue weighted by atomic mass is 10.2. The summed E-state index contributed by atoms with van der Waals surface area (Å²) in [6.07, 6.45) is 0.134. The third kappa shape index (κ3) is 6.89. The number of nitrogens with one attached hydrogen (secondary N) is 1. The first-order chi connectivity index (χ1) is 12.0. The van der Waals surface area contributed by atoms with Gasteiger partial charge < -0.3 is 15.8 Å². The smallest absolute Gasteiger partial charge is 0.234 e. The third-order valence-corrected chi connectivity index (χ3v) is 4.39. The number of ether oxygens (including phenoxy) is 1. The lowest BCUT2D eigenvalue weighted by Crippen LogP contribution is -2.17. The van der Waals surface area contributed by atoms with Crippen molar-refractivity contribution in [3.8, 4) is 5.75 Å². The fourth-order valence-electron chi connectivity index (χ4n) is 2.09. The van der Waals surface area contributed by atoms with E-state index in [1.165, 1.54) is 11.1 Å². The Morgan fingerprint density at radius 1 is 1.12 bits per heavy atom. The van der Waals surface area contributed by atoms with Crippen molar-refractivity contribution in [3.63, 3.8) is 0 Å². The van der Waals surface area contributed by atoms with Crippen molar-refractivity contribution in [2.75, 3.05) is 17.7 Å². The molecule has 0 saturated heterocycles. The van der Waals surface area contributed by atoms with E-state index >= 15 is 0 Å². The molecule has 0 aliphatic rings. The minimum Gasteiger partial charge on any atom is -0.491 e. The summed E-state index contributed by atoms with van der Waals surface area (Å²) in [7, 11) is 0. The van der Waals surface area contributed by atoms with Crippen LogP contribution in [-0.4, -0.2) is 24.2 Å². The van der Waals surface area contributed by atoms with Gasteiger partial charge in [0.2, 0.25) is 11.8 Å². The highest BCUT2D eigenvalue weighted by atomic mass is 32.2. The summed E-state index contributed by atoms with van der Waals surface area (Å²) in [5.41, 5.74) is 8.10. The molecule has 0 spiro atoms. The highest BCUT2D eigenvalue weighted by Crippen LogP contribution is 2.24. The third-order valence-electron chi connectivity index (χ3n) is 3.39. The summed E-state index contributed by atoms with van der Waals surface area (Å²) in [6, 6.07) is 15.4. The molecule has 0 aliphatic heterocycles. The van der Waals surface area contributed by atoms with Crippen molar-refractivity contribution in [2.45, 2.75) is 19.1 Å². The zero-order chi connectivity index (χ0) is 18.1. The van der Waals surface area contributed by atoms with Gasteiger partial charge in [-0.3, -0.25) is 9.59 Å². The molecule has 0 heterocycles. The molecule has 0 aliphatic carbocycles. The topological polar surface area (TPSA) is 81.4 Å². The Morgan fingerprint density at radius 2 is 1.84 bits per heavy atom. The lowest BCUT2D eigenvalue weighted by Gasteiger charge is -2.12. The summed E-state index contributed by atoms with van der Waals surface area (Å²) in [5.74, 6) is 1.14. The first-order valence-electron chi connectivity index (χ1n) is 7.98. The van der Waals surface area contributed by atoms with Crippen LogP contribution < -0.4 is 15.8 Å². The average molecular weight is 358 g/mol. The van der Waals surface area contributed by atoms with Crippen molar-refractivity contribution >= 4 is 29.3 Å². The van der Waals surface area contributed by atoms with Crippen LogP contribution in [0.25, 0.3) is 0 Å². The highest BCUT2D eigenvalue weighted by Gasteiger charge is 2.08. The van der Waals surface area contributed by atoms with Gasteiger partial charge in [-0.2, -0.15) is 0 Å². The van der Waals surface area contributed by atoms with Gasteiger partial charge in [0, 0.05) is 5.75 Å². The van der Waals surface area contributed by atoms with Crippen molar-refractivity contribution in [3.05, 3.63) is 59.7 Å². The second kappa shape index (κ2) is 9.74. The maximum absolute atomic E-state index is 12.1. The first kappa shape index (κ1) is 18.9. The van der Waals surface area contributed by atoms with Crippen LogP contribution in [0.3, 0.4) is 0 Å². The van der Waals surface area contributed by atoms with Crippen LogP contribution in [0.2, 0.25) is 0 Å². The fourth-order valence-corrected chi connectivity index (χ4v) is 2.88. The molecule has 0 aromatic heterocycles. The monoisotopic (exact) mass is 358 g/mol. The Labute approximate surface area is 151 Å². The van der Waals surface area contributed by atoms with Crippen molar-refractivity contribution in [2.24, 2.45) is 5.73 Å². The number of nitrogens with two attached hydrogens (primary N) is 1. The Bertz CT molecular complexity index is 717. The quantitative estimate of drug-likeness (QED) is 0.722. The van der Waals surface area contributed by atoms with Gasteiger partial charge in [0.05, 0.1) is 24.5 Å². The average Bonchev–Trinajstić information content (AvgIpc) is 2.58. The molecule has 2 amide bonds. The second-order valence-corrected chi connectivity index (χ2v) is 6.57. The van der Waals surface area contributed by atoms with Crippen LogP contribution in [0.1, 0.15) is 17.5 Å². The van der Waals surface area contributed by atoms with E-state index in [1.807, 2.05) is 13.0 Å². The summed E-state index contributed by atoms with van der Waals surface area (Å²) in [4.78, 5) is 22.9. The number of rotatable bonds is 9. The molecule has 2 aromatic carbocycles. The molecule has 6 heteroatoms. The van der Waals surface area contributed by atoms with Crippen LogP contribution in [0, 0.1) is 6.92 Å². The van der Waals surface area contributed by atoms with Crippen molar-refractivity contribution < 1.29 is 14.3 Å². The van der Waals surface area contributed by atoms with Gasteiger partial charge in [-0.1, -0.05) is 42.0 Å². The Morgan fingerprint density at radius 3 is 2.56 bits per heavy atom. The van der Waals surface area contributed by atoms with Gasteiger partial charge >= 0.3 is 0 Å². The molecular weight excluding hydrogens is 336 g/mol. The molecule has 0 fully saturated rings. The minimum absolute atomic E-state index is 0.0944. The number of para-hydroxylation sites is 2. The molecular formula is C19H22N2O3S. The molecule has 0 saturated carbocycles. The molecule has 0 radical (unpaired) electrons. The number of hydrogen-bond donors (Lipinski definition) is 2. The van der Waals surface area contributed by atoms with E-state index in [9.17, 15) is 9.59 Å². The largest absolute Gasteiger partial charge is 0.491 e. The first-order valence-corrected chi connectivity index (χ1v) is 9.13. The number of anilines is 1. The van der Waals surface area contributed by atoms with E-state index in [4.69, 9.17) is 10.5 Å². The Balaban J connectivity index is 1.81. The summed E-state index contributed by atoms with van der Waals surface area (Å²) in [5, 5.41) is 2.84. The predicted molar refractivity (Wildman–Crippen MR) is 102 cm³/mol. The highest BCUT2D eigenvalue weighted by molar-refractivity contribution is 7.99. The van der Waals surface area contributed by atoms with Crippen LogP contribution in [0.4, 0.5) is 5.69 Å². The maximum Gasteiger partial charge on any atom is 0.234 e. The molecule has 0 unspecified atom stereocenters. The number of carbonyl (C=O) groups excluding carboxylic acids is 2. The van der Waals surface area contributed by atoms with E-state index in [0.29, 0.717) is 17.2 Å². The number of amides is 2.